The predicted octanol–water partition coefficient (Wildman–Crippen LogP) is 4.32. The van der Waals surface area contributed by atoms with E-state index in [0.29, 0.717) is 39.6 Å². The van der Waals surface area contributed by atoms with Crippen molar-refractivity contribution in [2.24, 2.45) is 0 Å². The summed E-state index contributed by atoms with van der Waals surface area (Å²) in [4.78, 5) is 14.4. The number of methoxy groups -OCH3 is 1. The molecule has 3 rings (SSSR count). The Morgan fingerprint density at radius 2 is 2.00 bits per heavy atom. The Morgan fingerprint density at radius 3 is 2.67 bits per heavy atom. The number of rotatable bonds is 5. The molecule has 0 spiro atoms. The molecule has 0 aromatic heterocycles. The summed E-state index contributed by atoms with van der Waals surface area (Å²) in [5.41, 5.74) is 2.75. The fourth-order valence-corrected chi connectivity index (χ4v) is 3.36. The maximum atomic E-state index is 12.9. The van der Waals surface area contributed by atoms with Gasteiger partial charge in [-0.05, 0) is 73.6 Å². The van der Waals surface area contributed by atoms with Crippen molar-refractivity contribution in [3.63, 3.8) is 0 Å². The third-order valence-electron chi connectivity index (χ3n) is 4.08. The van der Waals surface area contributed by atoms with E-state index in [4.69, 9.17) is 33.3 Å². The molecule has 0 bridgehead atoms. The van der Waals surface area contributed by atoms with E-state index >= 15 is 0 Å². The summed E-state index contributed by atoms with van der Waals surface area (Å²) in [5.74, 6) is 1.03. The van der Waals surface area contributed by atoms with Gasteiger partial charge in [0, 0.05) is 5.02 Å². The number of benzene rings is 2. The van der Waals surface area contributed by atoms with Crippen molar-refractivity contribution in [2.45, 2.75) is 13.8 Å². The van der Waals surface area contributed by atoms with E-state index in [2.05, 4.69) is 5.32 Å². The Morgan fingerprint density at radius 1 is 1.22 bits per heavy atom. The first-order chi connectivity index (χ1) is 12.9. The molecule has 140 valence electrons. The highest BCUT2D eigenvalue weighted by molar-refractivity contribution is 7.80. The number of hydrogen-bond acceptors (Lipinski definition) is 4. The molecule has 1 aliphatic rings. The number of thiocarbonyl (C=S) groups is 1. The minimum atomic E-state index is -0.224. The monoisotopic (exact) mass is 402 g/mol. The maximum absolute atomic E-state index is 12.9. The molecule has 1 N–H and O–H groups in total. The summed E-state index contributed by atoms with van der Waals surface area (Å²) in [7, 11) is 1.58. The molecule has 5 nitrogen and oxygen atoms in total. The fourth-order valence-electron chi connectivity index (χ4n) is 2.84. The molecule has 0 atom stereocenters. The van der Waals surface area contributed by atoms with Crippen LogP contribution in [0.15, 0.2) is 42.1 Å². The highest BCUT2D eigenvalue weighted by Gasteiger charge is 2.32. The normalized spacial score (nSPS) is 15.3. The molecule has 0 saturated carbocycles. The van der Waals surface area contributed by atoms with E-state index in [1.54, 1.807) is 31.4 Å². The molecule has 1 saturated heterocycles. The molecule has 27 heavy (non-hydrogen) atoms. The Labute approximate surface area is 168 Å². The third-order valence-corrected chi connectivity index (χ3v) is 4.60. The zero-order valence-corrected chi connectivity index (χ0v) is 16.8. The summed E-state index contributed by atoms with van der Waals surface area (Å²) in [6.45, 7) is 4.33. The van der Waals surface area contributed by atoms with Gasteiger partial charge in [-0.1, -0.05) is 17.7 Å². The molecule has 0 radical (unpaired) electrons. The molecule has 1 amide bonds. The molecule has 7 heteroatoms. The number of ether oxygens (including phenoxy) is 2. The molecular weight excluding hydrogens is 384 g/mol. The van der Waals surface area contributed by atoms with Crippen molar-refractivity contribution in [3.8, 4) is 11.5 Å². The molecule has 1 aliphatic heterocycles. The number of carbonyl (C=O) groups excluding carboxylic acids is 1. The number of aryl methyl sites for hydroxylation is 1. The van der Waals surface area contributed by atoms with Crippen molar-refractivity contribution < 1.29 is 14.3 Å². The Kier molecular flexibility index (Phi) is 5.68. The Balaban J connectivity index is 1.92. The standard InChI is InChI=1S/C20H19ClN2O3S/c1-4-26-17-8-5-13(11-18(17)25-3)10-15-19(24)23(20(27)22-15)16-7-6-14(21)9-12(16)2/h5-11H,4H2,1-3H3,(H,22,27)/b15-10-. The Hall–Kier alpha value is -2.57. The van der Waals surface area contributed by atoms with Gasteiger partial charge in [-0.3, -0.25) is 9.69 Å². The second kappa shape index (κ2) is 7.98. The second-order valence-corrected chi connectivity index (χ2v) is 6.73. The number of anilines is 1. The number of nitrogens with zero attached hydrogens (tertiary/aromatic N) is 1. The van der Waals surface area contributed by atoms with Gasteiger partial charge in [0.15, 0.2) is 16.6 Å². The molecular formula is C20H19ClN2O3S. The number of hydrogen-bond donors (Lipinski definition) is 1. The molecule has 1 heterocycles. The average Bonchev–Trinajstić information content (AvgIpc) is 2.90. The SMILES string of the molecule is CCOc1ccc(/C=C2\NC(=S)N(c3ccc(Cl)cc3C)C2=O)cc1OC. The molecule has 0 unspecified atom stereocenters. The van der Waals surface area contributed by atoms with Crippen LogP contribution in [0.5, 0.6) is 11.5 Å². The van der Waals surface area contributed by atoms with E-state index in [1.165, 1.54) is 4.90 Å². The third kappa shape index (κ3) is 3.91. The smallest absolute Gasteiger partial charge is 0.281 e. The van der Waals surface area contributed by atoms with Crippen LogP contribution >= 0.6 is 23.8 Å². The van der Waals surface area contributed by atoms with Gasteiger partial charge in [0.2, 0.25) is 0 Å². The summed E-state index contributed by atoms with van der Waals surface area (Å²) >= 11 is 11.4. The fraction of sp³-hybridized carbons (Fsp3) is 0.200. The summed E-state index contributed by atoms with van der Waals surface area (Å²) in [6.07, 6.45) is 1.73. The van der Waals surface area contributed by atoms with E-state index < -0.39 is 0 Å². The maximum Gasteiger partial charge on any atom is 0.281 e. The highest BCUT2D eigenvalue weighted by Crippen LogP contribution is 2.31. The predicted molar refractivity (Wildman–Crippen MR) is 112 cm³/mol. The van der Waals surface area contributed by atoms with Gasteiger partial charge in [-0.25, -0.2) is 0 Å². The summed E-state index contributed by atoms with van der Waals surface area (Å²) in [5, 5.41) is 3.92. The van der Waals surface area contributed by atoms with Crippen LogP contribution in [0, 0.1) is 6.92 Å². The topological polar surface area (TPSA) is 50.8 Å². The average molecular weight is 403 g/mol. The van der Waals surface area contributed by atoms with Crippen LogP contribution in [0.3, 0.4) is 0 Å². The van der Waals surface area contributed by atoms with Crippen LogP contribution in [0.1, 0.15) is 18.1 Å². The van der Waals surface area contributed by atoms with Crippen molar-refractivity contribution in [3.05, 3.63) is 58.2 Å². The van der Waals surface area contributed by atoms with Gasteiger partial charge in [-0.15, -0.1) is 0 Å². The lowest BCUT2D eigenvalue weighted by Crippen LogP contribution is -2.30. The van der Waals surface area contributed by atoms with Gasteiger partial charge < -0.3 is 14.8 Å². The van der Waals surface area contributed by atoms with Crippen LogP contribution in [0.4, 0.5) is 5.69 Å². The zero-order chi connectivity index (χ0) is 19.6. The molecule has 2 aromatic rings. The van der Waals surface area contributed by atoms with Gasteiger partial charge >= 0.3 is 0 Å². The lowest BCUT2D eigenvalue weighted by Gasteiger charge is -2.16. The first-order valence-corrected chi connectivity index (χ1v) is 9.17. The lowest BCUT2D eigenvalue weighted by atomic mass is 10.1. The molecule has 2 aromatic carbocycles. The van der Waals surface area contributed by atoms with E-state index in [1.807, 2.05) is 32.0 Å². The summed E-state index contributed by atoms with van der Waals surface area (Å²) in [6, 6.07) is 10.8. The van der Waals surface area contributed by atoms with Gasteiger partial charge in [0.25, 0.3) is 5.91 Å². The number of carbonyl (C=O) groups is 1. The van der Waals surface area contributed by atoms with Crippen molar-refractivity contribution in [1.29, 1.82) is 0 Å². The van der Waals surface area contributed by atoms with Gasteiger partial charge in [0.1, 0.15) is 5.70 Å². The lowest BCUT2D eigenvalue weighted by molar-refractivity contribution is -0.113. The quantitative estimate of drug-likeness (QED) is 0.596. The van der Waals surface area contributed by atoms with Crippen molar-refractivity contribution >= 4 is 46.6 Å². The van der Waals surface area contributed by atoms with Crippen LogP contribution in [-0.2, 0) is 4.79 Å². The first-order valence-electron chi connectivity index (χ1n) is 8.38. The first kappa shape index (κ1) is 19.2. The minimum absolute atomic E-state index is 0.224. The zero-order valence-electron chi connectivity index (χ0n) is 15.2. The molecule has 0 aliphatic carbocycles. The highest BCUT2D eigenvalue weighted by atomic mass is 35.5. The van der Waals surface area contributed by atoms with Crippen molar-refractivity contribution in [1.82, 2.24) is 5.32 Å². The van der Waals surface area contributed by atoms with Gasteiger partial charge in [0.05, 0.1) is 19.4 Å². The van der Waals surface area contributed by atoms with Crippen molar-refractivity contribution in [2.75, 3.05) is 18.6 Å². The van der Waals surface area contributed by atoms with E-state index in [9.17, 15) is 4.79 Å². The van der Waals surface area contributed by atoms with Crippen LogP contribution in [0.2, 0.25) is 5.02 Å². The largest absolute Gasteiger partial charge is 0.493 e. The van der Waals surface area contributed by atoms with Gasteiger partial charge in [-0.2, -0.15) is 0 Å². The Bertz CT molecular complexity index is 943. The number of nitrogens with one attached hydrogen (secondary N) is 1. The van der Waals surface area contributed by atoms with Crippen LogP contribution in [0.25, 0.3) is 6.08 Å². The second-order valence-electron chi connectivity index (χ2n) is 5.90. The summed E-state index contributed by atoms with van der Waals surface area (Å²) < 4.78 is 10.9. The number of amides is 1. The number of halogens is 1. The minimum Gasteiger partial charge on any atom is -0.493 e. The van der Waals surface area contributed by atoms with Crippen LogP contribution in [-0.4, -0.2) is 24.7 Å². The van der Waals surface area contributed by atoms with E-state index in [0.717, 1.165) is 11.1 Å². The van der Waals surface area contributed by atoms with E-state index in [-0.39, 0.29) is 5.91 Å². The molecule has 1 fully saturated rings. The van der Waals surface area contributed by atoms with Crippen LogP contribution < -0.4 is 19.7 Å².